The number of anilines is 1. The van der Waals surface area contributed by atoms with Crippen molar-refractivity contribution in [3.8, 4) is 0 Å². The number of rotatable bonds is 2. The first-order valence-electron chi connectivity index (χ1n) is 5.57. The van der Waals surface area contributed by atoms with Crippen LogP contribution in [-0.2, 0) is 0 Å². The number of carbonyl (C=O) groups is 2. The fraction of sp³-hybridized carbons (Fsp3) is 0.364. The molecule has 7 heteroatoms. The lowest BCUT2D eigenvalue weighted by atomic mass is 10.3. The summed E-state index contributed by atoms with van der Waals surface area (Å²) in [6, 6.07) is 2.71. The van der Waals surface area contributed by atoms with E-state index in [1.54, 1.807) is 11.0 Å². The molecule has 1 aromatic heterocycles. The summed E-state index contributed by atoms with van der Waals surface area (Å²) < 4.78 is 0. The number of nitrogens with one attached hydrogen (secondary N) is 1. The minimum absolute atomic E-state index is 0.0106. The predicted molar refractivity (Wildman–Crippen MR) is 64.4 cm³/mol. The van der Waals surface area contributed by atoms with Gasteiger partial charge in [0.1, 0.15) is 0 Å². The molecule has 2 heterocycles. The Morgan fingerprint density at radius 1 is 1.56 bits per heavy atom. The number of nitrogens with two attached hydrogens (primary N) is 1. The van der Waals surface area contributed by atoms with Crippen molar-refractivity contribution in [2.45, 2.75) is 12.5 Å². The number of nitrogens with zero attached hydrogens (tertiary/aromatic N) is 2. The van der Waals surface area contributed by atoms with Gasteiger partial charge in [-0.3, -0.25) is 0 Å². The highest BCUT2D eigenvalue weighted by molar-refractivity contribution is 5.98. The van der Waals surface area contributed by atoms with Crippen LogP contribution in [0.25, 0.3) is 0 Å². The Bertz CT molecular complexity index is 477. The van der Waals surface area contributed by atoms with E-state index in [0.717, 1.165) is 6.42 Å². The van der Waals surface area contributed by atoms with E-state index in [-0.39, 0.29) is 23.5 Å². The molecule has 2 amide bonds. The number of likely N-dealkylation sites (tertiary alicyclic amines) is 1. The third-order valence-corrected chi connectivity index (χ3v) is 2.76. The van der Waals surface area contributed by atoms with Crippen molar-refractivity contribution in [2.75, 3.05) is 18.4 Å². The number of pyridine rings is 1. The van der Waals surface area contributed by atoms with Gasteiger partial charge in [-0.05, 0) is 18.6 Å². The molecule has 0 aliphatic carbocycles. The Labute approximate surface area is 104 Å². The number of amides is 2. The monoisotopic (exact) mass is 250 g/mol. The van der Waals surface area contributed by atoms with Crippen molar-refractivity contribution in [3.63, 3.8) is 0 Å². The van der Waals surface area contributed by atoms with Crippen molar-refractivity contribution in [1.82, 2.24) is 9.88 Å². The Kier molecular flexibility index (Phi) is 3.42. The van der Waals surface area contributed by atoms with Crippen LogP contribution in [0, 0.1) is 0 Å². The zero-order valence-electron chi connectivity index (χ0n) is 9.67. The van der Waals surface area contributed by atoms with Crippen molar-refractivity contribution in [1.29, 1.82) is 0 Å². The lowest BCUT2D eigenvalue weighted by Crippen LogP contribution is -2.35. The number of aromatic nitrogens is 1. The van der Waals surface area contributed by atoms with Gasteiger partial charge in [0, 0.05) is 25.3 Å². The second-order valence-corrected chi connectivity index (χ2v) is 4.13. The van der Waals surface area contributed by atoms with Gasteiger partial charge in [-0.15, -0.1) is 0 Å². The molecule has 0 aromatic carbocycles. The minimum atomic E-state index is -1.18. The highest BCUT2D eigenvalue weighted by atomic mass is 16.4. The van der Waals surface area contributed by atoms with Gasteiger partial charge in [0.05, 0.1) is 5.69 Å². The maximum atomic E-state index is 11.9. The predicted octanol–water partition coefficient (Wildman–Crippen LogP) is 0.345. The van der Waals surface area contributed by atoms with Crippen LogP contribution in [0.1, 0.15) is 16.9 Å². The number of carboxylic acid groups (broad SMARTS) is 1. The quantitative estimate of drug-likeness (QED) is 0.701. The first-order valence-corrected chi connectivity index (χ1v) is 5.57. The molecule has 1 saturated heterocycles. The Balaban J connectivity index is 2.09. The highest BCUT2D eigenvalue weighted by Crippen LogP contribution is 2.14. The number of carboxylic acids is 1. The first-order chi connectivity index (χ1) is 8.58. The van der Waals surface area contributed by atoms with Crippen LogP contribution in [0.2, 0.25) is 0 Å². The van der Waals surface area contributed by atoms with Gasteiger partial charge in [-0.25, -0.2) is 14.6 Å². The fourth-order valence-corrected chi connectivity index (χ4v) is 1.84. The lowest BCUT2D eigenvalue weighted by Gasteiger charge is -2.17. The van der Waals surface area contributed by atoms with E-state index in [1.807, 2.05) is 0 Å². The number of carbonyl (C=O) groups excluding carboxylic acids is 1. The van der Waals surface area contributed by atoms with Gasteiger partial charge in [-0.2, -0.15) is 0 Å². The molecular weight excluding hydrogens is 236 g/mol. The lowest BCUT2D eigenvalue weighted by molar-refractivity contribution is 0.0691. The van der Waals surface area contributed by atoms with E-state index >= 15 is 0 Å². The smallest absolute Gasteiger partial charge is 0.356 e. The molecule has 1 fully saturated rings. The molecular formula is C11H14N4O3. The van der Waals surface area contributed by atoms with Crippen molar-refractivity contribution >= 4 is 17.7 Å². The standard InChI is InChI=1S/C11H14N4O3/c12-7-3-5-15(6-7)11(18)14-8-2-1-4-13-9(8)10(16)17/h1-2,4,7H,3,5-6,12H2,(H,14,18)(H,16,17). The molecule has 1 aliphatic heterocycles. The molecule has 4 N–H and O–H groups in total. The molecule has 0 radical (unpaired) electrons. The second kappa shape index (κ2) is 5.01. The summed E-state index contributed by atoms with van der Waals surface area (Å²) >= 11 is 0. The molecule has 18 heavy (non-hydrogen) atoms. The zero-order valence-corrected chi connectivity index (χ0v) is 9.67. The molecule has 1 aliphatic rings. The molecule has 0 spiro atoms. The van der Waals surface area contributed by atoms with Crippen molar-refractivity contribution in [3.05, 3.63) is 24.0 Å². The van der Waals surface area contributed by atoms with Crippen molar-refractivity contribution < 1.29 is 14.7 Å². The molecule has 1 aromatic rings. The van der Waals surface area contributed by atoms with Crippen molar-refractivity contribution in [2.24, 2.45) is 5.73 Å². The largest absolute Gasteiger partial charge is 0.476 e. The van der Waals surface area contributed by atoms with E-state index in [2.05, 4.69) is 10.3 Å². The first kappa shape index (κ1) is 12.3. The molecule has 0 bridgehead atoms. The Morgan fingerprint density at radius 2 is 2.33 bits per heavy atom. The second-order valence-electron chi connectivity index (χ2n) is 4.13. The third-order valence-electron chi connectivity index (χ3n) is 2.76. The van der Waals surface area contributed by atoms with Gasteiger partial charge in [0.15, 0.2) is 5.69 Å². The summed E-state index contributed by atoms with van der Waals surface area (Å²) in [7, 11) is 0. The van der Waals surface area contributed by atoms with Gasteiger partial charge < -0.3 is 21.1 Å². The topological polar surface area (TPSA) is 109 Å². The number of aromatic carboxylic acids is 1. The maximum absolute atomic E-state index is 11.9. The molecule has 7 nitrogen and oxygen atoms in total. The van der Waals surface area contributed by atoms with Gasteiger partial charge >= 0.3 is 12.0 Å². The fourth-order valence-electron chi connectivity index (χ4n) is 1.84. The number of hydrogen-bond donors (Lipinski definition) is 3. The molecule has 1 atom stereocenters. The van der Waals surface area contributed by atoms with Crippen LogP contribution in [-0.4, -0.2) is 46.1 Å². The van der Waals surface area contributed by atoms with E-state index in [9.17, 15) is 9.59 Å². The van der Waals surface area contributed by atoms with E-state index in [0.29, 0.717) is 13.1 Å². The summed E-state index contributed by atoms with van der Waals surface area (Å²) in [5.74, 6) is -1.18. The van der Waals surface area contributed by atoms with Crippen LogP contribution in [0.5, 0.6) is 0 Å². The van der Waals surface area contributed by atoms with Crippen LogP contribution in [0.3, 0.4) is 0 Å². The Hall–Kier alpha value is -2.15. The molecule has 1 unspecified atom stereocenters. The SMILES string of the molecule is NC1CCN(C(=O)Nc2cccnc2C(=O)O)C1. The summed E-state index contributed by atoms with van der Waals surface area (Å²) in [5.41, 5.74) is 5.72. The average Bonchev–Trinajstić information content (AvgIpc) is 2.76. The van der Waals surface area contributed by atoms with Crippen LogP contribution >= 0.6 is 0 Å². The number of hydrogen-bond acceptors (Lipinski definition) is 4. The summed E-state index contributed by atoms with van der Waals surface area (Å²) in [5, 5.41) is 11.5. The zero-order chi connectivity index (χ0) is 13.1. The third kappa shape index (κ3) is 2.57. The normalized spacial score (nSPS) is 18.7. The molecule has 96 valence electrons. The van der Waals surface area contributed by atoms with Crippen LogP contribution in [0.4, 0.5) is 10.5 Å². The van der Waals surface area contributed by atoms with Gasteiger partial charge in [-0.1, -0.05) is 0 Å². The van der Waals surface area contributed by atoms with Crippen LogP contribution in [0.15, 0.2) is 18.3 Å². The van der Waals surface area contributed by atoms with E-state index in [4.69, 9.17) is 10.8 Å². The van der Waals surface area contributed by atoms with Crippen LogP contribution < -0.4 is 11.1 Å². The Morgan fingerprint density at radius 3 is 2.94 bits per heavy atom. The maximum Gasteiger partial charge on any atom is 0.356 e. The van der Waals surface area contributed by atoms with Gasteiger partial charge in [0.2, 0.25) is 0 Å². The average molecular weight is 250 g/mol. The minimum Gasteiger partial charge on any atom is -0.476 e. The van der Waals surface area contributed by atoms with E-state index < -0.39 is 5.97 Å². The summed E-state index contributed by atoms with van der Waals surface area (Å²) in [6.45, 7) is 1.06. The highest BCUT2D eigenvalue weighted by Gasteiger charge is 2.24. The molecule has 2 rings (SSSR count). The summed E-state index contributed by atoms with van der Waals surface area (Å²) in [4.78, 5) is 28.1. The van der Waals surface area contributed by atoms with Gasteiger partial charge in [0.25, 0.3) is 0 Å². The number of urea groups is 1. The van der Waals surface area contributed by atoms with E-state index in [1.165, 1.54) is 12.3 Å². The summed E-state index contributed by atoms with van der Waals surface area (Å²) in [6.07, 6.45) is 2.12. The molecule has 0 saturated carbocycles.